The van der Waals surface area contributed by atoms with Crippen molar-refractivity contribution in [1.29, 1.82) is 0 Å². The molecule has 0 saturated heterocycles. The van der Waals surface area contributed by atoms with Gasteiger partial charge < -0.3 is 0 Å². The Morgan fingerprint density at radius 1 is 0.500 bits per heavy atom. The molecule has 5 rings (SSSR count). The van der Waals surface area contributed by atoms with E-state index in [1.807, 2.05) is 0 Å². The molecule has 30 heavy (non-hydrogen) atoms. The molecule has 0 saturated carbocycles. The molecule has 0 bridgehead atoms. The van der Waals surface area contributed by atoms with E-state index < -0.39 is 0 Å². The Kier molecular flexibility index (Phi) is 5.28. The second-order valence-corrected chi connectivity index (χ2v) is 8.75. The second-order valence-electron chi connectivity index (χ2n) is 8.75. The molecule has 0 radical (unpaired) electrons. The lowest BCUT2D eigenvalue weighted by molar-refractivity contribution is 0.269. The van der Waals surface area contributed by atoms with Crippen molar-refractivity contribution < 1.29 is 0 Å². The van der Waals surface area contributed by atoms with E-state index in [2.05, 4.69) is 109 Å². The van der Waals surface area contributed by atoms with Gasteiger partial charge in [0.1, 0.15) is 0 Å². The van der Waals surface area contributed by atoms with Crippen molar-refractivity contribution in [2.45, 2.75) is 25.9 Å². The maximum absolute atomic E-state index is 2.58. The Hall–Kier alpha value is -2.68. The lowest BCUT2D eigenvalue weighted by Gasteiger charge is -2.25. The Morgan fingerprint density at radius 2 is 0.800 bits per heavy atom. The summed E-state index contributed by atoms with van der Waals surface area (Å²) in [5, 5.41) is 0. The van der Waals surface area contributed by atoms with Gasteiger partial charge in [-0.2, -0.15) is 0 Å². The van der Waals surface area contributed by atoms with Crippen LogP contribution in [-0.2, 0) is 0 Å². The monoisotopic (exact) mass is 394 g/mol. The normalized spacial score (nSPS) is 23.5. The van der Waals surface area contributed by atoms with E-state index in [1.54, 1.807) is 0 Å². The molecule has 0 spiro atoms. The highest BCUT2D eigenvalue weighted by atomic mass is 15.2. The van der Waals surface area contributed by atoms with Crippen molar-refractivity contribution in [2.24, 2.45) is 0 Å². The van der Waals surface area contributed by atoms with Crippen LogP contribution >= 0.6 is 0 Å². The summed E-state index contributed by atoms with van der Waals surface area (Å²) in [4.78, 5) is 5.16. The first-order valence-corrected chi connectivity index (χ1v) is 11.1. The second kappa shape index (κ2) is 8.22. The quantitative estimate of drug-likeness (QED) is 0.641. The fraction of sp³-hybridized carbons (Fsp3) is 0.286. The summed E-state index contributed by atoms with van der Waals surface area (Å²) >= 11 is 0. The Bertz CT molecular complexity index is 905. The summed E-state index contributed by atoms with van der Waals surface area (Å²) in [6, 6.07) is 22.6. The molecule has 152 valence electrons. The summed E-state index contributed by atoms with van der Waals surface area (Å²) < 4.78 is 0. The van der Waals surface area contributed by atoms with E-state index in [0.717, 1.165) is 26.2 Å². The lowest BCUT2D eigenvalue weighted by atomic mass is 10.0. The molecule has 0 unspecified atom stereocenters. The molecular weight excluding hydrogens is 364 g/mol. The minimum Gasteiger partial charge on any atom is -0.288 e. The summed E-state index contributed by atoms with van der Waals surface area (Å²) in [6.45, 7) is 8.75. The number of rotatable bonds is 4. The van der Waals surface area contributed by atoms with E-state index in [4.69, 9.17) is 0 Å². The molecule has 1 aliphatic carbocycles. The molecular formula is C28H30N2. The Labute approximate surface area is 180 Å². The predicted molar refractivity (Wildman–Crippen MR) is 125 cm³/mol. The van der Waals surface area contributed by atoms with Crippen LogP contribution in [0.4, 0.5) is 0 Å². The zero-order chi connectivity index (χ0) is 20.5. The minimum atomic E-state index is 0.434. The van der Waals surface area contributed by atoms with Gasteiger partial charge in [0, 0.05) is 38.3 Å². The van der Waals surface area contributed by atoms with E-state index >= 15 is 0 Å². The zero-order valence-electron chi connectivity index (χ0n) is 18.0. The first-order chi connectivity index (χ1) is 14.7. The number of hydrogen-bond donors (Lipinski definition) is 0. The maximum atomic E-state index is 2.58. The van der Waals surface area contributed by atoms with Crippen molar-refractivity contribution in [1.82, 2.24) is 9.80 Å². The van der Waals surface area contributed by atoms with Crippen molar-refractivity contribution in [3.8, 4) is 0 Å². The van der Waals surface area contributed by atoms with Crippen LogP contribution in [0.3, 0.4) is 0 Å². The molecule has 0 N–H and O–H groups in total. The average Bonchev–Trinajstić information content (AvgIpc) is 3.38. The number of nitrogens with zero attached hydrogens (tertiary/aromatic N) is 2. The lowest BCUT2D eigenvalue weighted by Crippen LogP contribution is -2.25. The fourth-order valence-electron chi connectivity index (χ4n) is 4.87. The van der Waals surface area contributed by atoms with Gasteiger partial charge in [0.15, 0.2) is 0 Å². The van der Waals surface area contributed by atoms with Gasteiger partial charge in [-0.3, -0.25) is 9.80 Å². The van der Waals surface area contributed by atoms with Crippen LogP contribution in [0.15, 0.2) is 107 Å². The van der Waals surface area contributed by atoms with Crippen LogP contribution in [0.2, 0.25) is 0 Å². The van der Waals surface area contributed by atoms with Gasteiger partial charge in [0.25, 0.3) is 0 Å². The van der Waals surface area contributed by atoms with Crippen molar-refractivity contribution in [2.75, 3.05) is 26.2 Å². The molecule has 0 amide bonds. The maximum Gasteiger partial charge on any atom is 0.0326 e. The minimum absolute atomic E-state index is 0.434. The van der Waals surface area contributed by atoms with E-state index in [1.165, 1.54) is 33.4 Å². The third kappa shape index (κ3) is 3.74. The highest BCUT2D eigenvalue weighted by Gasteiger charge is 2.28. The van der Waals surface area contributed by atoms with Crippen molar-refractivity contribution in [3.63, 3.8) is 0 Å². The molecule has 2 aliphatic heterocycles. The third-order valence-electron chi connectivity index (χ3n) is 6.95. The van der Waals surface area contributed by atoms with Crippen molar-refractivity contribution >= 4 is 0 Å². The molecule has 2 nitrogen and oxygen atoms in total. The molecule has 0 fully saturated rings. The summed E-state index contributed by atoms with van der Waals surface area (Å²) in [7, 11) is 0. The molecule has 3 aliphatic rings. The Balaban J connectivity index is 1.28. The van der Waals surface area contributed by atoms with Crippen LogP contribution < -0.4 is 0 Å². The van der Waals surface area contributed by atoms with Gasteiger partial charge >= 0.3 is 0 Å². The van der Waals surface area contributed by atoms with E-state index in [9.17, 15) is 0 Å². The van der Waals surface area contributed by atoms with Crippen LogP contribution in [0.5, 0.6) is 0 Å². The van der Waals surface area contributed by atoms with Gasteiger partial charge in [-0.1, -0.05) is 85.0 Å². The fourth-order valence-corrected chi connectivity index (χ4v) is 4.87. The molecule has 0 aromatic heterocycles. The standard InChI is InChI=1S/C28H30N2/c1-21(23-9-5-3-6-10-23)29-17-25-13-15-27-19-30(20-28(27)16-14-26(25)18-29)22(2)24-11-7-4-8-12-24/h3-16,21-22H,17-20H2,1-2H3/b15-13-,16-14-,25-13?,26-14?,27-15?,28-16?/t21-,22-/m1/s1. The zero-order valence-corrected chi connectivity index (χ0v) is 18.0. The third-order valence-corrected chi connectivity index (χ3v) is 6.95. The number of hydrogen-bond acceptors (Lipinski definition) is 2. The van der Waals surface area contributed by atoms with Crippen LogP contribution in [0, 0.1) is 0 Å². The van der Waals surface area contributed by atoms with Crippen LogP contribution in [-0.4, -0.2) is 36.0 Å². The summed E-state index contributed by atoms with van der Waals surface area (Å²) in [5.74, 6) is 0. The Morgan fingerprint density at radius 3 is 1.10 bits per heavy atom. The topological polar surface area (TPSA) is 6.48 Å². The number of benzene rings is 2. The average molecular weight is 395 g/mol. The molecule has 2 heterocycles. The van der Waals surface area contributed by atoms with Crippen LogP contribution in [0.1, 0.15) is 37.1 Å². The van der Waals surface area contributed by atoms with Gasteiger partial charge in [0.05, 0.1) is 0 Å². The van der Waals surface area contributed by atoms with Gasteiger partial charge in [-0.15, -0.1) is 0 Å². The highest BCUT2D eigenvalue weighted by Crippen LogP contribution is 2.33. The van der Waals surface area contributed by atoms with E-state index in [-0.39, 0.29) is 0 Å². The predicted octanol–water partition coefficient (Wildman–Crippen LogP) is 5.86. The first kappa shape index (κ1) is 19.3. The van der Waals surface area contributed by atoms with Crippen LogP contribution in [0.25, 0.3) is 0 Å². The largest absolute Gasteiger partial charge is 0.288 e. The van der Waals surface area contributed by atoms with Gasteiger partial charge in [-0.25, -0.2) is 0 Å². The molecule has 2 aromatic carbocycles. The molecule has 2 heteroatoms. The van der Waals surface area contributed by atoms with E-state index in [0.29, 0.717) is 12.1 Å². The first-order valence-electron chi connectivity index (χ1n) is 11.1. The van der Waals surface area contributed by atoms with Gasteiger partial charge in [0.2, 0.25) is 0 Å². The molecule has 2 atom stereocenters. The highest BCUT2D eigenvalue weighted by molar-refractivity contribution is 5.50. The van der Waals surface area contributed by atoms with Crippen molar-refractivity contribution in [3.05, 3.63) is 118 Å². The molecule has 2 aromatic rings. The summed E-state index contributed by atoms with van der Waals surface area (Å²) in [5.41, 5.74) is 8.66. The smallest absolute Gasteiger partial charge is 0.0326 e. The van der Waals surface area contributed by atoms with Gasteiger partial charge in [-0.05, 0) is 47.3 Å². The SMILES string of the molecule is C[C@H](c1ccccc1)N1CC2=C(/C=C\C3=C(/C=C\2)CN([C@H](C)c2ccccc2)C3)C1. The summed E-state index contributed by atoms with van der Waals surface area (Å²) in [6.07, 6.45) is 9.51.